The van der Waals surface area contributed by atoms with E-state index in [2.05, 4.69) is 35.6 Å². The maximum absolute atomic E-state index is 4.30. The minimum atomic E-state index is 0.548. The van der Waals surface area contributed by atoms with Crippen LogP contribution in [0.15, 0.2) is 24.5 Å². The Hall–Kier alpha value is -0.890. The molecule has 0 spiro atoms. The van der Waals surface area contributed by atoms with E-state index in [1.807, 2.05) is 6.20 Å². The lowest BCUT2D eigenvalue weighted by Gasteiger charge is -2.19. The van der Waals surface area contributed by atoms with Crippen LogP contribution >= 0.6 is 0 Å². The van der Waals surface area contributed by atoms with Crippen LogP contribution in [0.5, 0.6) is 0 Å². The zero-order valence-corrected chi connectivity index (χ0v) is 11.3. The van der Waals surface area contributed by atoms with Gasteiger partial charge in [-0.3, -0.25) is 4.98 Å². The van der Waals surface area contributed by atoms with Gasteiger partial charge in [0.05, 0.1) is 0 Å². The molecule has 2 fully saturated rings. The standard InChI is InChI=1S/C16H24N2/c1-2-9-18-16(12-6-5-10-17-11-12)15-13-7-3-4-8-14(13)15/h5-6,10-11,13-16,18H,2-4,7-9H2,1H3. The molecule has 2 nitrogen and oxygen atoms in total. The summed E-state index contributed by atoms with van der Waals surface area (Å²) in [6, 6.07) is 4.86. The molecule has 0 aliphatic heterocycles. The van der Waals surface area contributed by atoms with E-state index in [1.165, 1.54) is 37.7 Å². The van der Waals surface area contributed by atoms with Crippen LogP contribution in [-0.4, -0.2) is 11.5 Å². The molecule has 0 amide bonds. The Labute approximate surface area is 110 Å². The van der Waals surface area contributed by atoms with Crippen LogP contribution < -0.4 is 5.32 Å². The molecule has 2 aliphatic rings. The van der Waals surface area contributed by atoms with Gasteiger partial charge in [-0.25, -0.2) is 0 Å². The third-order valence-electron chi connectivity index (χ3n) is 4.77. The number of rotatable bonds is 5. The monoisotopic (exact) mass is 244 g/mol. The van der Waals surface area contributed by atoms with Crippen molar-refractivity contribution in [1.82, 2.24) is 10.3 Å². The van der Waals surface area contributed by atoms with Crippen molar-refractivity contribution in [3.8, 4) is 0 Å². The van der Waals surface area contributed by atoms with Crippen molar-refractivity contribution in [2.24, 2.45) is 17.8 Å². The first-order chi connectivity index (χ1) is 8.92. The van der Waals surface area contributed by atoms with Crippen molar-refractivity contribution in [2.45, 2.75) is 45.1 Å². The number of fused-ring (bicyclic) bond motifs is 1. The molecule has 2 heteroatoms. The normalized spacial score (nSPS) is 31.7. The number of aromatic nitrogens is 1. The van der Waals surface area contributed by atoms with Crippen molar-refractivity contribution >= 4 is 0 Å². The lowest BCUT2D eigenvalue weighted by molar-refractivity contribution is 0.444. The first-order valence-corrected chi connectivity index (χ1v) is 7.55. The summed E-state index contributed by atoms with van der Waals surface area (Å²) < 4.78 is 0. The first-order valence-electron chi connectivity index (χ1n) is 7.55. The molecule has 18 heavy (non-hydrogen) atoms. The van der Waals surface area contributed by atoms with Gasteiger partial charge in [0.25, 0.3) is 0 Å². The molecule has 1 heterocycles. The maximum Gasteiger partial charge on any atom is 0.0369 e. The molecular formula is C16H24N2. The molecule has 3 rings (SSSR count). The van der Waals surface area contributed by atoms with Gasteiger partial charge < -0.3 is 5.32 Å². The number of pyridine rings is 1. The molecule has 3 unspecified atom stereocenters. The number of hydrogen-bond donors (Lipinski definition) is 1. The van der Waals surface area contributed by atoms with Crippen LogP contribution in [-0.2, 0) is 0 Å². The van der Waals surface area contributed by atoms with Crippen molar-refractivity contribution in [3.05, 3.63) is 30.1 Å². The predicted molar refractivity (Wildman–Crippen MR) is 74.2 cm³/mol. The minimum Gasteiger partial charge on any atom is -0.310 e. The highest BCUT2D eigenvalue weighted by molar-refractivity contribution is 5.20. The van der Waals surface area contributed by atoms with Gasteiger partial charge in [0, 0.05) is 18.4 Å². The van der Waals surface area contributed by atoms with Crippen LogP contribution in [0.2, 0.25) is 0 Å². The van der Waals surface area contributed by atoms with Crippen molar-refractivity contribution in [2.75, 3.05) is 6.54 Å². The molecule has 98 valence electrons. The molecule has 1 aromatic heterocycles. The van der Waals surface area contributed by atoms with E-state index in [1.54, 1.807) is 0 Å². The fraction of sp³-hybridized carbons (Fsp3) is 0.688. The number of nitrogens with zero attached hydrogens (tertiary/aromatic N) is 1. The summed E-state index contributed by atoms with van der Waals surface area (Å²) >= 11 is 0. The van der Waals surface area contributed by atoms with E-state index in [4.69, 9.17) is 0 Å². The van der Waals surface area contributed by atoms with E-state index < -0.39 is 0 Å². The third-order valence-corrected chi connectivity index (χ3v) is 4.77. The number of hydrogen-bond acceptors (Lipinski definition) is 2. The second-order valence-electron chi connectivity index (χ2n) is 5.91. The van der Waals surface area contributed by atoms with Gasteiger partial charge in [-0.05, 0) is 55.2 Å². The molecule has 2 saturated carbocycles. The fourth-order valence-electron chi connectivity index (χ4n) is 3.88. The minimum absolute atomic E-state index is 0.548. The van der Waals surface area contributed by atoms with Crippen LogP contribution in [0.3, 0.4) is 0 Å². The molecule has 0 saturated heterocycles. The Balaban J connectivity index is 1.74. The van der Waals surface area contributed by atoms with E-state index in [9.17, 15) is 0 Å². The highest BCUT2D eigenvalue weighted by Gasteiger charge is 2.54. The second-order valence-corrected chi connectivity index (χ2v) is 5.91. The lowest BCUT2D eigenvalue weighted by atomic mass is 10.0. The van der Waals surface area contributed by atoms with Gasteiger partial charge in [-0.1, -0.05) is 25.8 Å². The molecule has 1 N–H and O–H groups in total. The zero-order valence-electron chi connectivity index (χ0n) is 11.3. The summed E-state index contributed by atoms with van der Waals surface area (Å²) in [7, 11) is 0. The van der Waals surface area contributed by atoms with E-state index >= 15 is 0 Å². The maximum atomic E-state index is 4.30. The third kappa shape index (κ3) is 2.31. The summed E-state index contributed by atoms with van der Waals surface area (Å²) in [6.45, 7) is 3.36. The van der Waals surface area contributed by atoms with Gasteiger partial charge in [-0.2, -0.15) is 0 Å². The Morgan fingerprint density at radius 1 is 1.33 bits per heavy atom. The van der Waals surface area contributed by atoms with Gasteiger partial charge in [0.1, 0.15) is 0 Å². The first kappa shape index (κ1) is 12.2. The van der Waals surface area contributed by atoms with Crippen LogP contribution in [0.4, 0.5) is 0 Å². The van der Waals surface area contributed by atoms with Crippen molar-refractivity contribution < 1.29 is 0 Å². The summed E-state index contributed by atoms with van der Waals surface area (Å²) in [6.07, 6.45) is 11.0. The average Bonchev–Trinajstić information content (AvgIpc) is 3.15. The molecule has 2 aliphatic carbocycles. The van der Waals surface area contributed by atoms with Crippen LogP contribution in [0.25, 0.3) is 0 Å². The van der Waals surface area contributed by atoms with Gasteiger partial charge in [0.2, 0.25) is 0 Å². The molecule has 0 aromatic carbocycles. The molecule has 0 bridgehead atoms. The molecular weight excluding hydrogens is 220 g/mol. The topological polar surface area (TPSA) is 24.9 Å². The smallest absolute Gasteiger partial charge is 0.0369 e. The van der Waals surface area contributed by atoms with E-state index in [-0.39, 0.29) is 0 Å². The van der Waals surface area contributed by atoms with Gasteiger partial charge >= 0.3 is 0 Å². The SMILES string of the molecule is CCCNC(c1cccnc1)C1C2CCCCC21. The predicted octanol–water partition coefficient (Wildman–Crippen LogP) is 3.56. The average molecular weight is 244 g/mol. The highest BCUT2D eigenvalue weighted by Crippen LogP contribution is 2.60. The quantitative estimate of drug-likeness (QED) is 0.856. The largest absolute Gasteiger partial charge is 0.310 e. The Bertz CT molecular complexity index is 364. The van der Waals surface area contributed by atoms with Gasteiger partial charge in [0.15, 0.2) is 0 Å². The summed E-state index contributed by atoms with van der Waals surface area (Å²) in [5.74, 6) is 2.87. The Kier molecular flexibility index (Phi) is 3.64. The Morgan fingerprint density at radius 3 is 2.72 bits per heavy atom. The highest BCUT2D eigenvalue weighted by atomic mass is 14.9. The fourth-order valence-corrected chi connectivity index (χ4v) is 3.88. The second kappa shape index (κ2) is 5.40. The summed E-state index contributed by atoms with van der Waals surface area (Å²) in [4.78, 5) is 4.30. The lowest BCUT2D eigenvalue weighted by Crippen LogP contribution is -2.25. The van der Waals surface area contributed by atoms with Gasteiger partial charge in [-0.15, -0.1) is 0 Å². The summed E-state index contributed by atoms with van der Waals surface area (Å²) in [5, 5.41) is 3.76. The zero-order chi connectivity index (χ0) is 12.4. The van der Waals surface area contributed by atoms with Crippen LogP contribution in [0.1, 0.15) is 50.6 Å². The van der Waals surface area contributed by atoms with E-state index in [0.717, 1.165) is 24.3 Å². The Morgan fingerprint density at radius 2 is 2.11 bits per heavy atom. The van der Waals surface area contributed by atoms with Crippen LogP contribution in [0, 0.1) is 17.8 Å². The summed E-state index contributed by atoms with van der Waals surface area (Å²) in [5.41, 5.74) is 1.39. The van der Waals surface area contributed by atoms with Crippen molar-refractivity contribution in [3.63, 3.8) is 0 Å². The number of nitrogens with one attached hydrogen (secondary N) is 1. The molecule has 1 aromatic rings. The molecule has 0 radical (unpaired) electrons. The van der Waals surface area contributed by atoms with E-state index in [0.29, 0.717) is 6.04 Å². The van der Waals surface area contributed by atoms with Crippen molar-refractivity contribution in [1.29, 1.82) is 0 Å². The molecule has 3 atom stereocenters.